The Kier molecular flexibility index (Phi) is 3.58. The number of benzene rings is 2. The first-order valence-electron chi connectivity index (χ1n) is 6.78. The Morgan fingerprint density at radius 1 is 1.11 bits per heavy atom. The van der Waals surface area contributed by atoms with Crippen molar-refractivity contribution in [1.29, 1.82) is 0 Å². The first-order valence-corrected chi connectivity index (χ1v) is 7.16. The number of hydrogen-bond acceptors (Lipinski definition) is 1. The summed E-state index contributed by atoms with van der Waals surface area (Å²) >= 11 is 6.07. The molecule has 19 heavy (non-hydrogen) atoms. The Balaban J connectivity index is 1.87. The molecule has 0 saturated carbocycles. The molecule has 0 heterocycles. The average Bonchev–Trinajstić information content (AvgIpc) is 2.77. The van der Waals surface area contributed by atoms with Gasteiger partial charge in [0, 0.05) is 11.1 Å². The van der Waals surface area contributed by atoms with Crippen molar-refractivity contribution in [2.45, 2.75) is 24.8 Å². The summed E-state index contributed by atoms with van der Waals surface area (Å²) in [5.74, 6) is 0.590. The fourth-order valence-electron chi connectivity index (χ4n) is 3.15. The number of hydrogen-bond donors (Lipinski definition) is 1. The lowest BCUT2D eigenvalue weighted by Crippen LogP contribution is -2.13. The van der Waals surface area contributed by atoms with E-state index < -0.39 is 0 Å². The molecule has 0 amide bonds. The largest absolute Gasteiger partial charge is 0.313 e. The minimum Gasteiger partial charge on any atom is -0.313 e. The van der Waals surface area contributed by atoms with Crippen LogP contribution in [0.25, 0.3) is 0 Å². The summed E-state index contributed by atoms with van der Waals surface area (Å²) in [6.07, 6.45) is 2.23. The van der Waals surface area contributed by atoms with Crippen LogP contribution in [0, 0.1) is 0 Å². The Morgan fingerprint density at radius 2 is 1.89 bits per heavy atom. The summed E-state index contributed by atoms with van der Waals surface area (Å²) in [4.78, 5) is 0. The van der Waals surface area contributed by atoms with Gasteiger partial charge in [0.15, 0.2) is 0 Å². The molecule has 98 valence electrons. The van der Waals surface area contributed by atoms with Crippen molar-refractivity contribution in [2.75, 3.05) is 7.05 Å². The quantitative estimate of drug-likeness (QED) is 0.876. The molecule has 2 aromatic carbocycles. The highest BCUT2D eigenvalue weighted by Crippen LogP contribution is 2.41. The minimum atomic E-state index is 0.486. The van der Waals surface area contributed by atoms with Crippen molar-refractivity contribution in [2.24, 2.45) is 0 Å². The molecule has 0 bridgehead atoms. The summed E-state index contributed by atoms with van der Waals surface area (Å²) in [6, 6.07) is 17.5. The Hall–Kier alpha value is -1.31. The first kappa shape index (κ1) is 12.7. The maximum absolute atomic E-state index is 6.07. The van der Waals surface area contributed by atoms with Crippen LogP contribution >= 0.6 is 11.6 Å². The van der Waals surface area contributed by atoms with E-state index in [1.165, 1.54) is 23.1 Å². The van der Waals surface area contributed by atoms with Gasteiger partial charge in [0.25, 0.3) is 0 Å². The monoisotopic (exact) mass is 271 g/mol. The molecule has 1 aliphatic rings. The van der Waals surface area contributed by atoms with Crippen LogP contribution < -0.4 is 5.32 Å². The van der Waals surface area contributed by atoms with E-state index in [0.717, 1.165) is 11.4 Å². The Morgan fingerprint density at radius 3 is 2.63 bits per heavy atom. The van der Waals surface area contributed by atoms with E-state index in [0.29, 0.717) is 12.0 Å². The fourth-order valence-corrected chi connectivity index (χ4v) is 3.37. The second-order valence-corrected chi connectivity index (χ2v) is 5.67. The molecule has 2 aromatic rings. The zero-order chi connectivity index (χ0) is 13.2. The van der Waals surface area contributed by atoms with Crippen LogP contribution in [0.1, 0.15) is 35.1 Å². The van der Waals surface area contributed by atoms with Gasteiger partial charge in [-0.25, -0.2) is 0 Å². The maximum atomic E-state index is 6.07. The Labute approximate surface area is 119 Å². The van der Waals surface area contributed by atoms with Crippen LogP contribution in [0.15, 0.2) is 48.5 Å². The SMILES string of the molecule is CN[C@H]1C[C@@H](Cc2cccc(Cl)c2)c2ccccc21. The summed E-state index contributed by atoms with van der Waals surface area (Å²) in [6.45, 7) is 0. The third kappa shape index (κ3) is 2.54. The van der Waals surface area contributed by atoms with Crippen molar-refractivity contribution in [3.8, 4) is 0 Å². The number of fused-ring (bicyclic) bond motifs is 1. The maximum Gasteiger partial charge on any atom is 0.0408 e. The molecule has 1 N–H and O–H groups in total. The van der Waals surface area contributed by atoms with Crippen LogP contribution in [0.5, 0.6) is 0 Å². The van der Waals surface area contributed by atoms with Crippen LogP contribution in [0.3, 0.4) is 0 Å². The third-order valence-electron chi connectivity index (χ3n) is 4.05. The first-order chi connectivity index (χ1) is 9.28. The van der Waals surface area contributed by atoms with Gasteiger partial charge in [-0.1, -0.05) is 48.0 Å². The molecule has 3 rings (SSSR count). The van der Waals surface area contributed by atoms with Crippen LogP contribution in [0.4, 0.5) is 0 Å². The summed E-state index contributed by atoms with van der Waals surface area (Å²) < 4.78 is 0. The van der Waals surface area contributed by atoms with Gasteiger partial charge in [-0.2, -0.15) is 0 Å². The molecule has 2 heteroatoms. The van der Waals surface area contributed by atoms with Gasteiger partial charge < -0.3 is 5.32 Å². The molecule has 0 aromatic heterocycles. The molecule has 0 unspecified atom stereocenters. The third-order valence-corrected chi connectivity index (χ3v) is 4.29. The summed E-state index contributed by atoms with van der Waals surface area (Å²) in [7, 11) is 2.04. The second kappa shape index (κ2) is 5.36. The second-order valence-electron chi connectivity index (χ2n) is 5.24. The molecule has 0 saturated heterocycles. The van der Waals surface area contributed by atoms with Gasteiger partial charge in [0.1, 0.15) is 0 Å². The van der Waals surface area contributed by atoms with E-state index in [4.69, 9.17) is 11.6 Å². The van der Waals surface area contributed by atoms with E-state index in [9.17, 15) is 0 Å². The lowest BCUT2D eigenvalue weighted by atomic mass is 9.94. The normalized spacial score (nSPS) is 21.4. The molecule has 0 fully saturated rings. The number of nitrogens with one attached hydrogen (secondary N) is 1. The van der Waals surface area contributed by atoms with Gasteiger partial charge in [-0.15, -0.1) is 0 Å². The molecule has 0 spiro atoms. The van der Waals surface area contributed by atoms with Crippen molar-refractivity contribution in [3.05, 3.63) is 70.2 Å². The minimum absolute atomic E-state index is 0.486. The molecular formula is C17H18ClN. The topological polar surface area (TPSA) is 12.0 Å². The standard InChI is InChI=1S/C17H18ClN/c1-19-17-11-13(15-7-2-3-8-16(15)17)9-12-5-4-6-14(18)10-12/h2-8,10,13,17,19H,9,11H2,1H3/t13-,17+/m1/s1. The van der Waals surface area contributed by atoms with Crippen molar-refractivity contribution < 1.29 is 0 Å². The highest BCUT2D eigenvalue weighted by Gasteiger charge is 2.29. The molecule has 2 atom stereocenters. The number of halogens is 1. The van der Waals surface area contributed by atoms with Crippen LogP contribution in [-0.2, 0) is 6.42 Å². The predicted molar refractivity (Wildman–Crippen MR) is 80.8 cm³/mol. The zero-order valence-corrected chi connectivity index (χ0v) is 11.8. The molecule has 0 radical (unpaired) electrons. The lowest BCUT2D eigenvalue weighted by molar-refractivity contribution is 0.532. The van der Waals surface area contributed by atoms with E-state index in [2.05, 4.69) is 41.7 Å². The lowest BCUT2D eigenvalue weighted by Gasteiger charge is -2.12. The summed E-state index contributed by atoms with van der Waals surface area (Å²) in [5.41, 5.74) is 4.27. The molecule has 1 nitrogen and oxygen atoms in total. The Bertz CT molecular complexity index is 579. The van der Waals surface area contributed by atoms with Gasteiger partial charge in [0.2, 0.25) is 0 Å². The van der Waals surface area contributed by atoms with E-state index in [1.807, 2.05) is 19.2 Å². The van der Waals surface area contributed by atoms with Crippen LogP contribution in [0.2, 0.25) is 5.02 Å². The van der Waals surface area contributed by atoms with Crippen molar-refractivity contribution in [1.82, 2.24) is 5.32 Å². The van der Waals surface area contributed by atoms with Crippen LogP contribution in [-0.4, -0.2) is 7.05 Å². The van der Waals surface area contributed by atoms with E-state index in [1.54, 1.807) is 0 Å². The van der Waals surface area contributed by atoms with E-state index >= 15 is 0 Å². The molecule has 1 aliphatic carbocycles. The highest BCUT2D eigenvalue weighted by atomic mass is 35.5. The molecule has 0 aliphatic heterocycles. The van der Waals surface area contributed by atoms with E-state index in [-0.39, 0.29) is 0 Å². The van der Waals surface area contributed by atoms with Gasteiger partial charge in [0.05, 0.1) is 0 Å². The predicted octanol–water partition coefficient (Wildman–Crippen LogP) is 4.33. The smallest absolute Gasteiger partial charge is 0.0408 e. The van der Waals surface area contributed by atoms with Gasteiger partial charge in [-0.05, 0) is 54.6 Å². The fraction of sp³-hybridized carbons (Fsp3) is 0.294. The summed E-state index contributed by atoms with van der Waals surface area (Å²) in [5, 5.41) is 4.25. The zero-order valence-electron chi connectivity index (χ0n) is 11.1. The highest BCUT2D eigenvalue weighted by molar-refractivity contribution is 6.30. The number of rotatable bonds is 3. The molecular weight excluding hydrogens is 254 g/mol. The van der Waals surface area contributed by atoms with Gasteiger partial charge in [-0.3, -0.25) is 0 Å². The van der Waals surface area contributed by atoms with Crippen molar-refractivity contribution >= 4 is 11.6 Å². The van der Waals surface area contributed by atoms with Gasteiger partial charge >= 0.3 is 0 Å². The average molecular weight is 272 g/mol. The van der Waals surface area contributed by atoms with Crippen molar-refractivity contribution in [3.63, 3.8) is 0 Å².